The molecule has 0 fully saturated rings. The number of nitrogens with one attached hydrogen (secondary N) is 1. The highest BCUT2D eigenvalue weighted by Gasteiger charge is 2.19. The normalized spacial score (nSPS) is 12.6. The molecule has 0 saturated carbocycles. The Labute approximate surface area is 232 Å². The van der Waals surface area contributed by atoms with Crippen molar-refractivity contribution >= 4 is 34.4 Å². The van der Waals surface area contributed by atoms with Gasteiger partial charge in [-0.05, 0) is 67.4 Å². The van der Waals surface area contributed by atoms with Crippen LogP contribution in [0, 0.1) is 13.8 Å². The second-order valence-electron chi connectivity index (χ2n) is 9.50. The smallest absolute Gasteiger partial charge is 0.318 e. The maximum absolute atomic E-state index is 9.87. The maximum atomic E-state index is 9.87. The van der Waals surface area contributed by atoms with E-state index >= 15 is 0 Å². The minimum absolute atomic E-state index is 0.202. The summed E-state index contributed by atoms with van der Waals surface area (Å²) in [6, 6.07) is 20.1. The summed E-state index contributed by atoms with van der Waals surface area (Å²) in [5.41, 5.74) is 14.4. The Morgan fingerprint density at radius 1 is 1.00 bits per heavy atom. The van der Waals surface area contributed by atoms with Crippen molar-refractivity contribution in [3.8, 4) is 5.69 Å². The number of fused-ring (bicyclic) bond motifs is 1. The quantitative estimate of drug-likeness (QED) is 0.0580. The van der Waals surface area contributed by atoms with Gasteiger partial charge < -0.3 is 36.0 Å². The van der Waals surface area contributed by atoms with Gasteiger partial charge >= 0.3 is 5.95 Å². The molecular weight excluding hydrogens is 508 g/mol. The molecule has 1 unspecified atom stereocenters. The highest BCUT2D eigenvalue weighted by Crippen LogP contribution is 2.24. The number of pyridine rings is 1. The van der Waals surface area contributed by atoms with Crippen molar-refractivity contribution in [2.75, 3.05) is 12.4 Å². The largest absolute Gasteiger partial charge is 0.502 e. The van der Waals surface area contributed by atoms with Crippen LogP contribution < -0.4 is 21.5 Å². The van der Waals surface area contributed by atoms with E-state index in [1.165, 1.54) is 11.6 Å². The Morgan fingerprint density at radius 2 is 1.70 bits per heavy atom. The molecule has 208 valence electrons. The van der Waals surface area contributed by atoms with Gasteiger partial charge in [-0.25, -0.2) is 5.84 Å². The summed E-state index contributed by atoms with van der Waals surface area (Å²) in [5.74, 6) is 3.15. The van der Waals surface area contributed by atoms with Gasteiger partial charge in [-0.1, -0.05) is 12.1 Å². The predicted octanol–water partition coefficient (Wildman–Crippen LogP) is 3.88. The van der Waals surface area contributed by atoms with Crippen LogP contribution in [0.15, 0.2) is 78.6 Å². The molecule has 0 aliphatic carbocycles. The molecule has 0 radical (unpaired) electrons. The molecule has 0 bridgehead atoms. The van der Waals surface area contributed by atoms with Crippen molar-refractivity contribution in [1.82, 2.24) is 9.58 Å². The number of aromatic nitrogens is 2. The van der Waals surface area contributed by atoms with Gasteiger partial charge in [0, 0.05) is 59.6 Å². The van der Waals surface area contributed by atoms with Gasteiger partial charge in [-0.15, -0.1) is 0 Å². The minimum atomic E-state index is -1.87. The Hall–Kier alpha value is -4.93. The number of aliphatic hydroxyl groups is 4. The third-order valence-electron chi connectivity index (χ3n) is 6.91. The number of nitrogens with zero attached hydrogens (tertiary/aromatic N) is 3. The fraction of sp³-hybridized carbons (Fsp3) is 0.167. The van der Waals surface area contributed by atoms with Crippen molar-refractivity contribution < 1.29 is 25.0 Å². The first kappa shape index (κ1) is 28.1. The van der Waals surface area contributed by atoms with E-state index in [0.717, 1.165) is 39.5 Å². The van der Waals surface area contributed by atoms with E-state index in [2.05, 4.69) is 77.0 Å². The standard InChI is InChI=1S/C30H34N6O4/c1-18-15-21(7-10-24-11-8-22-16-23(33-3)9-14-27(22)34(24)4)19(2)36(18)25-12-5-20(6-13-25)26(31)17-35(32)29(38)28(37)30(39)40/h5-17,29,33,38H,31-32H2,1-4H3,(H2-,37,39,40)/p+1/b26-17-. The van der Waals surface area contributed by atoms with Gasteiger partial charge in [-0.2, -0.15) is 4.57 Å². The lowest BCUT2D eigenvalue weighted by molar-refractivity contribution is -0.646. The Bertz CT molecular complexity index is 1630. The van der Waals surface area contributed by atoms with Crippen LogP contribution in [0.25, 0.3) is 34.4 Å². The lowest BCUT2D eigenvalue weighted by Crippen LogP contribution is -2.39. The monoisotopic (exact) mass is 543 g/mol. The first-order valence-electron chi connectivity index (χ1n) is 12.6. The Morgan fingerprint density at radius 3 is 2.35 bits per heavy atom. The minimum Gasteiger partial charge on any atom is -0.502 e. The zero-order valence-electron chi connectivity index (χ0n) is 22.9. The van der Waals surface area contributed by atoms with E-state index in [9.17, 15) is 10.2 Å². The van der Waals surface area contributed by atoms with E-state index in [0.29, 0.717) is 10.6 Å². The molecule has 2 heterocycles. The molecule has 40 heavy (non-hydrogen) atoms. The number of hydrogen-bond donors (Lipinski definition) is 7. The summed E-state index contributed by atoms with van der Waals surface area (Å²) >= 11 is 0. The van der Waals surface area contributed by atoms with Gasteiger partial charge in [0.15, 0.2) is 0 Å². The highest BCUT2D eigenvalue weighted by atomic mass is 16.5. The summed E-state index contributed by atoms with van der Waals surface area (Å²) in [6.45, 7) is 4.12. The predicted molar refractivity (Wildman–Crippen MR) is 158 cm³/mol. The zero-order valence-corrected chi connectivity index (χ0v) is 22.9. The molecule has 4 aromatic rings. The molecule has 10 nitrogen and oxygen atoms in total. The van der Waals surface area contributed by atoms with Gasteiger partial charge in [0.25, 0.3) is 0 Å². The van der Waals surface area contributed by atoms with Crippen LogP contribution in [0.5, 0.6) is 0 Å². The van der Waals surface area contributed by atoms with Crippen molar-refractivity contribution in [2.24, 2.45) is 18.6 Å². The lowest BCUT2D eigenvalue weighted by Gasteiger charge is -2.21. The van der Waals surface area contributed by atoms with Crippen LogP contribution >= 0.6 is 0 Å². The Kier molecular flexibility index (Phi) is 8.03. The average Bonchev–Trinajstić information content (AvgIpc) is 3.23. The molecule has 0 amide bonds. The highest BCUT2D eigenvalue weighted by molar-refractivity contribution is 5.81. The van der Waals surface area contributed by atoms with Gasteiger partial charge in [0.2, 0.25) is 23.2 Å². The van der Waals surface area contributed by atoms with E-state index in [4.69, 9.17) is 21.8 Å². The molecule has 4 rings (SSSR count). The molecule has 2 aromatic carbocycles. The van der Waals surface area contributed by atoms with Crippen LogP contribution in [0.3, 0.4) is 0 Å². The second kappa shape index (κ2) is 11.4. The maximum Gasteiger partial charge on any atom is 0.318 e. The fourth-order valence-corrected chi connectivity index (χ4v) is 4.64. The molecule has 0 saturated heterocycles. The number of anilines is 1. The number of aryl methyl sites for hydroxylation is 2. The van der Waals surface area contributed by atoms with Crippen molar-refractivity contribution in [2.45, 2.75) is 20.1 Å². The van der Waals surface area contributed by atoms with E-state index in [-0.39, 0.29) is 5.70 Å². The second-order valence-corrected chi connectivity index (χ2v) is 9.50. The van der Waals surface area contributed by atoms with Crippen LogP contribution in [0.1, 0.15) is 28.2 Å². The summed E-state index contributed by atoms with van der Waals surface area (Å²) in [5, 5.41) is 42.2. The number of hydrogen-bond acceptors (Lipinski definition) is 8. The number of benzene rings is 2. The molecule has 2 aromatic heterocycles. The molecular formula is C30H35N6O4+. The molecule has 9 N–H and O–H groups in total. The first-order valence-corrected chi connectivity index (χ1v) is 12.6. The van der Waals surface area contributed by atoms with Crippen LogP contribution in [-0.2, 0) is 7.05 Å². The SMILES string of the molecule is CNc1ccc2c(ccc(/C=C/c3cc(C)n(-c4ccc(/C(N)=C/N(N)C(O)C(O)=C(O)O)cc4)c3C)[n+]2C)c1. The number of aliphatic hydroxyl groups excluding tert-OH is 3. The topological polar surface area (TPSA) is 157 Å². The van der Waals surface area contributed by atoms with Crippen molar-refractivity contribution in [1.29, 1.82) is 0 Å². The van der Waals surface area contributed by atoms with Crippen molar-refractivity contribution in [3.05, 3.63) is 107 Å². The molecule has 0 aliphatic rings. The lowest BCUT2D eigenvalue weighted by atomic mass is 10.1. The third-order valence-corrected chi connectivity index (χ3v) is 6.91. The molecule has 10 heteroatoms. The van der Waals surface area contributed by atoms with Crippen LogP contribution in [0.4, 0.5) is 5.69 Å². The van der Waals surface area contributed by atoms with Crippen LogP contribution in [0.2, 0.25) is 0 Å². The van der Waals surface area contributed by atoms with E-state index in [1.807, 2.05) is 38.2 Å². The number of hydrazine groups is 1. The number of nitrogens with two attached hydrogens (primary N) is 2. The average molecular weight is 544 g/mol. The van der Waals surface area contributed by atoms with E-state index in [1.54, 1.807) is 0 Å². The van der Waals surface area contributed by atoms with Crippen LogP contribution in [-0.4, -0.2) is 43.3 Å². The third kappa shape index (κ3) is 5.58. The molecule has 0 spiro atoms. The fourth-order valence-electron chi connectivity index (χ4n) is 4.64. The van der Waals surface area contributed by atoms with Crippen molar-refractivity contribution in [3.63, 3.8) is 0 Å². The zero-order chi connectivity index (χ0) is 29.1. The van der Waals surface area contributed by atoms with Gasteiger partial charge in [0.1, 0.15) is 7.05 Å². The number of rotatable bonds is 8. The summed E-state index contributed by atoms with van der Waals surface area (Å²) in [4.78, 5) is 0. The summed E-state index contributed by atoms with van der Waals surface area (Å²) < 4.78 is 4.32. The first-order chi connectivity index (χ1) is 19.0. The van der Waals surface area contributed by atoms with Gasteiger partial charge in [-0.3, -0.25) is 5.01 Å². The molecule has 1 atom stereocenters. The van der Waals surface area contributed by atoms with Gasteiger partial charge in [0.05, 0.1) is 5.70 Å². The summed E-state index contributed by atoms with van der Waals surface area (Å²) in [6.07, 6.45) is 3.54. The molecule has 0 aliphatic heterocycles. The Balaban J connectivity index is 1.57. The van der Waals surface area contributed by atoms with E-state index < -0.39 is 17.9 Å². The summed E-state index contributed by atoms with van der Waals surface area (Å²) in [7, 11) is 3.98.